The Kier molecular flexibility index (Phi) is 2.19. The zero-order valence-electron chi connectivity index (χ0n) is 10.3. The van der Waals surface area contributed by atoms with E-state index in [1.54, 1.807) is 0 Å². The maximum absolute atomic E-state index is 5.76. The first kappa shape index (κ1) is 10.7. The fraction of sp³-hybridized carbons (Fsp3) is 0.750. The summed E-state index contributed by atoms with van der Waals surface area (Å²) in [5, 5.41) is 4.65. The molecule has 0 unspecified atom stereocenters. The van der Waals surface area contributed by atoms with Crippen molar-refractivity contribution >= 4 is 0 Å². The second kappa shape index (κ2) is 3.08. The number of ether oxygens (including phenoxy) is 1. The Bertz CT molecular complexity index is 371. The van der Waals surface area contributed by atoms with E-state index in [2.05, 4.69) is 50.5 Å². The van der Waals surface area contributed by atoms with Gasteiger partial charge in [-0.2, -0.15) is 5.10 Å². The number of fused-ring (bicyclic) bond motifs is 1. The number of nitrogens with zero attached hydrogens (tertiary/aromatic N) is 2. The molecule has 0 aliphatic carbocycles. The molecular formula is C12H20N2O. The summed E-state index contributed by atoms with van der Waals surface area (Å²) in [6.07, 6.45) is 0. The zero-order valence-corrected chi connectivity index (χ0v) is 10.3. The van der Waals surface area contributed by atoms with Crippen LogP contribution in [0.25, 0.3) is 0 Å². The maximum Gasteiger partial charge on any atom is 0.0893 e. The van der Waals surface area contributed by atoms with Crippen molar-refractivity contribution in [3.05, 3.63) is 17.5 Å². The molecule has 0 saturated carbocycles. The van der Waals surface area contributed by atoms with Gasteiger partial charge in [-0.15, -0.1) is 0 Å². The predicted molar refractivity (Wildman–Crippen MR) is 59.8 cm³/mol. The molecule has 3 heteroatoms. The summed E-state index contributed by atoms with van der Waals surface area (Å²) in [6, 6.07) is 2.16. The zero-order chi connectivity index (χ0) is 11.3. The largest absolute Gasteiger partial charge is 0.367 e. The fourth-order valence-electron chi connectivity index (χ4n) is 1.75. The van der Waals surface area contributed by atoms with Gasteiger partial charge in [0.2, 0.25) is 0 Å². The highest BCUT2D eigenvalue weighted by molar-refractivity contribution is 5.18. The van der Waals surface area contributed by atoms with Gasteiger partial charge in [0, 0.05) is 5.41 Å². The molecule has 3 nitrogen and oxygen atoms in total. The van der Waals surface area contributed by atoms with Gasteiger partial charge in [-0.25, -0.2) is 0 Å². The van der Waals surface area contributed by atoms with Crippen molar-refractivity contribution in [1.82, 2.24) is 9.78 Å². The van der Waals surface area contributed by atoms with Crippen LogP contribution < -0.4 is 0 Å². The average molecular weight is 208 g/mol. The van der Waals surface area contributed by atoms with Crippen molar-refractivity contribution in [3.63, 3.8) is 0 Å². The molecule has 0 bridgehead atoms. The van der Waals surface area contributed by atoms with Gasteiger partial charge in [-0.3, -0.25) is 4.68 Å². The van der Waals surface area contributed by atoms with Crippen LogP contribution in [-0.4, -0.2) is 15.4 Å². The van der Waals surface area contributed by atoms with E-state index < -0.39 is 0 Å². The summed E-state index contributed by atoms with van der Waals surface area (Å²) in [4.78, 5) is 0. The first-order valence-corrected chi connectivity index (χ1v) is 5.49. The lowest BCUT2D eigenvalue weighted by molar-refractivity contribution is -0.0661. The van der Waals surface area contributed by atoms with Crippen LogP contribution in [-0.2, 0) is 23.3 Å². The summed E-state index contributed by atoms with van der Waals surface area (Å²) in [5.41, 5.74) is 2.38. The molecule has 0 radical (unpaired) electrons. The topological polar surface area (TPSA) is 27.1 Å². The Hall–Kier alpha value is -0.830. The van der Waals surface area contributed by atoms with Gasteiger partial charge in [0.25, 0.3) is 0 Å². The first-order valence-electron chi connectivity index (χ1n) is 5.49. The summed E-state index contributed by atoms with van der Waals surface area (Å²) in [7, 11) is 0. The van der Waals surface area contributed by atoms with E-state index in [-0.39, 0.29) is 11.0 Å². The Balaban J connectivity index is 2.34. The monoisotopic (exact) mass is 208 g/mol. The van der Waals surface area contributed by atoms with E-state index >= 15 is 0 Å². The Morgan fingerprint density at radius 1 is 1.40 bits per heavy atom. The number of hydrogen-bond acceptors (Lipinski definition) is 2. The number of hydrogen-bond donors (Lipinski definition) is 0. The molecule has 0 amide bonds. The van der Waals surface area contributed by atoms with E-state index in [1.165, 1.54) is 5.69 Å². The van der Waals surface area contributed by atoms with E-state index in [0.29, 0.717) is 6.61 Å². The summed E-state index contributed by atoms with van der Waals surface area (Å²) in [5.74, 6) is 0. The molecule has 0 saturated heterocycles. The standard InChI is InChI=1S/C12H20N2O/c1-11(2,3)10-6-9-7-15-12(4,5)8-14(9)13-10/h6H,7-8H2,1-5H3. The number of rotatable bonds is 0. The second-order valence-electron chi connectivity index (χ2n) is 5.98. The third kappa shape index (κ3) is 2.07. The molecule has 84 valence electrons. The minimum absolute atomic E-state index is 0.0891. The van der Waals surface area contributed by atoms with Gasteiger partial charge >= 0.3 is 0 Å². The quantitative estimate of drug-likeness (QED) is 0.655. The molecule has 1 aliphatic heterocycles. The fourth-order valence-corrected chi connectivity index (χ4v) is 1.75. The lowest BCUT2D eigenvalue weighted by atomic mass is 9.92. The second-order valence-corrected chi connectivity index (χ2v) is 5.98. The highest BCUT2D eigenvalue weighted by atomic mass is 16.5. The van der Waals surface area contributed by atoms with Gasteiger partial charge in [0.15, 0.2) is 0 Å². The lowest BCUT2D eigenvalue weighted by Crippen LogP contribution is -2.36. The maximum atomic E-state index is 5.76. The molecule has 0 fully saturated rings. The molecule has 0 N–H and O–H groups in total. The van der Waals surface area contributed by atoms with Crippen LogP contribution in [0.1, 0.15) is 46.0 Å². The van der Waals surface area contributed by atoms with Crippen LogP contribution in [0.2, 0.25) is 0 Å². The molecular weight excluding hydrogens is 188 g/mol. The van der Waals surface area contributed by atoms with Gasteiger partial charge in [0.1, 0.15) is 0 Å². The van der Waals surface area contributed by atoms with Crippen molar-refractivity contribution in [1.29, 1.82) is 0 Å². The normalized spacial score (nSPS) is 20.1. The molecule has 15 heavy (non-hydrogen) atoms. The van der Waals surface area contributed by atoms with Crippen LogP contribution in [0.15, 0.2) is 6.07 Å². The first-order chi connectivity index (χ1) is 6.78. The van der Waals surface area contributed by atoms with Crippen molar-refractivity contribution in [3.8, 4) is 0 Å². The molecule has 1 aliphatic rings. The molecule has 2 rings (SSSR count). The highest BCUT2D eigenvalue weighted by Crippen LogP contribution is 2.27. The van der Waals surface area contributed by atoms with Crippen molar-refractivity contribution < 1.29 is 4.74 Å². The van der Waals surface area contributed by atoms with Crippen LogP contribution in [0, 0.1) is 0 Å². The van der Waals surface area contributed by atoms with Crippen LogP contribution >= 0.6 is 0 Å². The van der Waals surface area contributed by atoms with E-state index in [9.17, 15) is 0 Å². The Labute approximate surface area is 91.4 Å². The summed E-state index contributed by atoms with van der Waals surface area (Å²) >= 11 is 0. The van der Waals surface area contributed by atoms with Crippen molar-refractivity contribution in [2.45, 2.75) is 58.8 Å². The smallest absolute Gasteiger partial charge is 0.0893 e. The molecule has 1 aromatic heterocycles. The minimum Gasteiger partial charge on any atom is -0.367 e. The molecule has 0 atom stereocenters. The average Bonchev–Trinajstić information content (AvgIpc) is 2.43. The molecule has 0 aromatic carbocycles. The van der Waals surface area contributed by atoms with Crippen LogP contribution in [0.3, 0.4) is 0 Å². The molecule has 0 spiro atoms. The van der Waals surface area contributed by atoms with Crippen molar-refractivity contribution in [2.24, 2.45) is 0 Å². The van der Waals surface area contributed by atoms with E-state index in [0.717, 1.165) is 12.2 Å². The highest BCUT2D eigenvalue weighted by Gasteiger charge is 2.29. The SMILES string of the molecule is CC1(C)Cn2nc(C(C)(C)C)cc2CO1. The van der Waals surface area contributed by atoms with E-state index in [1.807, 2.05) is 0 Å². The van der Waals surface area contributed by atoms with E-state index in [4.69, 9.17) is 4.74 Å². The molecule has 1 aromatic rings. The molecule has 2 heterocycles. The van der Waals surface area contributed by atoms with Crippen LogP contribution in [0.4, 0.5) is 0 Å². The summed E-state index contributed by atoms with van der Waals surface area (Å²) < 4.78 is 7.84. The van der Waals surface area contributed by atoms with Crippen LogP contribution in [0.5, 0.6) is 0 Å². The third-order valence-corrected chi connectivity index (χ3v) is 2.77. The van der Waals surface area contributed by atoms with Gasteiger partial charge in [0.05, 0.1) is 30.1 Å². The number of aromatic nitrogens is 2. The predicted octanol–water partition coefficient (Wildman–Crippen LogP) is 2.49. The van der Waals surface area contributed by atoms with Gasteiger partial charge in [-0.1, -0.05) is 20.8 Å². The van der Waals surface area contributed by atoms with Crippen molar-refractivity contribution in [2.75, 3.05) is 0 Å². The Morgan fingerprint density at radius 2 is 2.07 bits per heavy atom. The lowest BCUT2D eigenvalue weighted by Gasteiger charge is -2.30. The van der Waals surface area contributed by atoms with Gasteiger partial charge < -0.3 is 4.74 Å². The Morgan fingerprint density at radius 3 is 2.67 bits per heavy atom. The summed E-state index contributed by atoms with van der Waals surface area (Å²) in [6.45, 7) is 12.3. The third-order valence-electron chi connectivity index (χ3n) is 2.77. The van der Waals surface area contributed by atoms with Gasteiger partial charge in [-0.05, 0) is 19.9 Å². The minimum atomic E-state index is -0.0891.